The van der Waals surface area contributed by atoms with E-state index in [1.807, 2.05) is 114 Å². The Morgan fingerprint density at radius 1 is 0.267 bits per heavy atom. The molecular weight excluding hydrogens is 1660 g/mol. The van der Waals surface area contributed by atoms with E-state index in [2.05, 4.69) is 296 Å². The van der Waals surface area contributed by atoms with Gasteiger partial charge in [-0.1, -0.05) is 97.1 Å². The van der Waals surface area contributed by atoms with Gasteiger partial charge in [0.1, 0.15) is 28.8 Å². The van der Waals surface area contributed by atoms with Crippen LogP contribution < -0.4 is 0 Å². The van der Waals surface area contributed by atoms with Gasteiger partial charge in [0.15, 0.2) is 0 Å². The number of aromatic nitrogens is 20. The first-order valence-electron chi connectivity index (χ1n) is 46.3. The Morgan fingerprint density at radius 2 is 0.741 bits per heavy atom. The Bertz CT molecular complexity index is 8320. The van der Waals surface area contributed by atoms with Crippen molar-refractivity contribution in [3.63, 3.8) is 0 Å². The van der Waals surface area contributed by atoms with Crippen LogP contribution in [-0.4, -0.2) is 104 Å². The molecule has 17 heterocycles. The van der Waals surface area contributed by atoms with Crippen LogP contribution in [0.3, 0.4) is 0 Å². The van der Waals surface area contributed by atoms with Crippen LogP contribution >= 0.6 is 0 Å². The van der Waals surface area contributed by atoms with Crippen molar-refractivity contribution in [2.24, 2.45) is 33.2 Å². The average Bonchev–Trinajstić information content (AvgIpc) is 1.62. The first-order valence-corrected chi connectivity index (χ1v) is 46.3. The van der Waals surface area contributed by atoms with Crippen LogP contribution in [0.25, 0.3) is 142 Å². The van der Waals surface area contributed by atoms with Gasteiger partial charge in [-0.15, -0.1) is 0 Å². The average molecular weight is 1770 g/mol. The fraction of sp³-hybridized carbons (Fsp3) is 0.202. The van der Waals surface area contributed by atoms with Gasteiger partial charge in [-0.25, -0.2) is 19.9 Å². The molecule has 1 aliphatic rings. The van der Waals surface area contributed by atoms with Gasteiger partial charge in [0.25, 0.3) is 0 Å². The number of hydrogen-bond acceptors (Lipinski definition) is 17. The van der Waals surface area contributed by atoms with Crippen molar-refractivity contribution >= 4 is 143 Å². The molecule has 21 heteroatoms. The fourth-order valence-electron chi connectivity index (χ4n) is 18.5. The summed E-state index contributed by atoms with van der Waals surface area (Å²) in [4.78, 5) is 79.7. The summed E-state index contributed by atoms with van der Waals surface area (Å²) < 4.78 is 8.67. The standard InChI is InChI=1S/C24H22N4.C24H21N3.C23H21N5.C23H20N4.C20H19N5/c1-15-14-25-16(2)19-11-9-18(26-23(15)19)10-13-22-27-24-20-7-5-4-6-17(20)8-12-21(24)28(22)3;1-15-5-6-16(2)23-20(15)11-10-18(26-23)8-9-19-14-17-7-12-22-21(24(17)27-19)4-3-13-25-22;1-14-13-25-15(2)18-9-7-17(26-21(14)18)8-11-20-27-23-19(28(20)3)10-6-16-5-4-12-24-22(16)23;1-15-13-14-24-19-10-8-17(25-22(15)19)9-12-21-26-23-18-6-4-3-5-16(18)7-11-20(23)27(21)2;1-14-5-6-15(12-22-14)19-13-25(2)20(24-19)10-8-16-7-9-17-18(23-16)4-3-11-21-17/h4-9,11-12,14H,10,13H2,1-3H3;3-7,10-13H,8-9,14H2,1-2H3;4-7,9-10,12-13H,8,11H2,1-3H3;3-8,10-11,13-14H,9,12H2,1-2H3;3-7,9,11-13H,8,10H2,1-2H3. The summed E-state index contributed by atoms with van der Waals surface area (Å²) in [5, 5.41) is 10.7. The summed E-state index contributed by atoms with van der Waals surface area (Å²) >= 11 is 0. The van der Waals surface area contributed by atoms with Crippen molar-refractivity contribution in [3.8, 4) is 11.3 Å². The minimum absolute atomic E-state index is 0.834. The minimum atomic E-state index is 0.834. The quantitative estimate of drug-likeness (QED) is 0.0874. The van der Waals surface area contributed by atoms with Crippen molar-refractivity contribution in [3.05, 3.63) is 376 Å². The van der Waals surface area contributed by atoms with E-state index in [0.717, 1.165) is 266 Å². The molecule has 23 aromatic rings. The van der Waals surface area contributed by atoms with E-state index in [9.17, 15) is 0 Å². The highest BCUT2D eigenvalue weighted by Gasteiger charge is 2.22. The maximum atomic E-state index is 4.97. The van der Waals surface area contributed by atoms with Gasteiger partial charge in [0.05, 0.1) is 88.6 Å². The Balaban J connectivity index is 0.000000105. The maximum Gasteiger partial charge on any atom is 0.115 e. The molecule has 0 aliphatic carbocycles. The van der Waals surface area contributed by atoms with E-state index in [-0.39, 0.29) is 0 Å². The van der Waals surface area contributed by atoms with Crippen molar-refractivity contribution in [2.45, 2.75) is 126 Å². The van der Waals surface area contributed by atoms with Crippen LogP contribution in [-0.2, 0) is 92.4 Å². The molecule has 7 aromatic carbocycles. The molecule has 0 fully saturated rings. The molecule has 664 valence electrons. The van der Waals surface area contributed by atoms with Gasteiger partial charge in [-0.05, 0) is 265 Å². The monoisotopic (exact) mass is 1770 g/mol. The molecule has 0 spiro atoms. The van der Waals surface area contributed by atoms with Crippen molar-refractivity contribution < 1.29 is 0 Å². The van der Waals surface area contributed by atoms with Gasteiger partial charge >= 0.3 is 0 Å². The summed E-state index contributed by atoms with van der Waals surface area (Å²) in [6, 6.07) is 77.6. The Labute approximate surface area is 782 Å². The zero-order valence-corrected chi connectivity index (χ0v) is 78.2. The van der Waals surface area contributed by atoms with E-state index < -0.39 is 0 Å². The van der Waals surface area contributed by atoms with E-state index >= 15 is 0 Å². The molecule has 24 rings (SSSR count). The predicted octanol–water partition coefficient (Wildman–Crippen LogP) is 23.5. The number of benzene rings is 7. The van der Waals surface area contributed by atoms with Gasteiger partial charge in [0, 0.05) is 204 Å². The highest BCUT2D eigenvalue weighted by molar-refractivity contribution is 6.07. The third-order valence-corrected chi connectivity index (χ3v) is 26.3. The summed E-state index contributed by atoms with van der Waals surface area (Å²) in [6.07, 6.45) is 24.7. The molecule has 0 N–H and O–H groups in total. The lowest BCUT2D eigenvalue weighted by Gasteiger charge is -2.07. The zero-order valence-electron chi connectivity index (χ0n) is 78.2. The molecule has 0 atom stereocenters. The summed E-state index contributed by atoms with van der Waals surface area (Å²) in [5.41, 5.74) is 35.7. The van der Waals surface area contributed by atoms with E-state index in [4.69, 9.17) is 44.9 Å². The maximum absolute atomic E-state index is 4.97. The summed E-state index contributed by atoms with van der Waals surface area (Å²) in [5.74, 6) is 4.28. The first kappa shape index (κ1) is 87.0. The van der Waals surface area contributed by atoms with Gasteiger partial charge in [-0.2, -0.15) is 0 Å². The lowest BCUT2D eigenvalue weighted by Crippen LogP contribution is -2.02. The third kappa shape index (κ3) is 18.1. The van der Waals surface area contributed by atoms with E-state index in [0.29, 0.717) is 0 Å². The first-order chi connectivity index (χ1) is 65.8. The summed E-state index contributed by atoms with van der Waals surface area (Å²) in [6.45, 7) is 16.5. The van der Waals surface area contributed by atoms with E-state index in [1.165, 1.54) is 60.4 Å². The smallest absolute Gasteiger partial charge is 0.115 e. The molecule has 0 saturated heterocycles. The topological polar surface area (TPSA) is 238 Å². The number of fused-ring (bicyclic) bond motifs is 17. The third-order valence-electron chi connectivity index (χ3n) is 26.3. The van der Waals surface area contributed by atoms with Crippen LogP contribution in [0.4, 0.5) is 5.69 Å². The van der Waals surface area contributed by atoms with E-state index in [1.54, 1.807) is 6.20 Å². The number of pyridine rings is 12. The second-order valence-electron chi connectivity index (χ2n) is 35.4. The number of hydrogen-bond donors (Lipinski definition) is 0. The number of imidazole rings is 4. The second kappa shape index (κ2) is 37.7. The van der Waals surface area contributed by atoms with Crippen molar-refractivity contribution in [1.82, 2.24) is 98.0 Å². The highest BCUT2D eigenvalue weighted by atomic mass is 15.1. The molecule has 0 radical (unpaired) electrons. The second-order valence-corrected chi connectivity index (χ2v) is 35.4. The predicted molar refractivity (Wildman–Crippen MR) is 547 cm³/mol. The molecule has 0 unspecified atom stereocenters. The van der Waals surface area contributed by atoms with Crippen LogP contribution in [0.2, 0.25) is 0 Å². The van der Waals surface area contributed by atoms with Crippen LogP contribution in [0.15, 0.2) is 279 Å². The number of aryl methyl sites for hydroxylation is 21. The molecule has 16 aromatic heterocycles. The fourth-order valence-corrected chi connectivity index (χ4v) is 18.5. The molecule has 0 saturated carbocycles. The highest BCUT2D eigenvalue weighted by Crippen LogP contribution is 2.37. The van der Waals surface area contributed by atoms with Crippen molar-refractivity contribution in [1.29, 1.82) is 0 Å². The SMILES string of the molecule is Cc1ccc(-c2cn(C)c(CCc3ccc4ncccc4n3)n2)cn1.Cc1ccc(C)c2nc(CCC3=Nc4c(ccc5ncccc45)C3)ccc12.Cc1ccnc2ccc(CCc3nc4c5ccccc5ccc4n3C)nc12.Cc1ncc(C)c2nc(CCc3nc4c5ccccc5ccc4n3C)ccc12.Cc1ncc(C)c2nc(CCc3nc4c5ncccc5ccc4n3C)ccc12. The van der Waals surface area contributed by atoms with Crippen molar-refractivity contribution in [2.75, 3.05) is 0 Å². The number of nitrogens with zero attached hydrogens (tertiary/aromatic N) is 21. The van der Waals surface area contributed by atoms with Gasteiger partial charge in [0.2, 0.25) is 0 Å². The minimum Gasteiger partial charge on any atom is -0.337 e. The Kier molecular flexibility index (Phi) is 24.3. The molecule has 21 nitrogen and oxygen atoms in total. The van der Waals surface area contributed by atoms with Gasteiger partial charge < -0.3 is 18.3 Å². The molecule has 1 aliphatic heterocycles. The molecule has 135 heavy (non-hydrogen) atoms. The molecular formula is C114H103N21. The van der Waals surface area contributed by atoms with Crippen LogP contribution in [0.5, 0.6) is 0 Å². The van der Waals surface area contributed by atoms with Gasteiger partial charge in [-0.3, -0.25) is 64.8 Å². The van der Waals surface area contributed by atoms with Crippen LogP contribution in [0, 0.1) is 55.4 Å². The summed E-state index contributed by atoms with van der Waals surface area (Å²) in [7, 11) is 8.31. The van der Waals surface area contributed by atoms with Crippen LogP contribution in [0.1, 0.15) is 109 Å². The Morgan fingerprint density at radius 3 is 1.36 bits per heavy atom. The number of aliphatic imine (C=N–C) groups is 1. The number of rotatable bonds is 16. The lowest BCUT2D eigenvalue weighted by atomic mass is 10.0. The Hall–Kier alpha value is -16.0. The lowest BCUT2D eigenvalue weighted by molar-refractivity contribution is 0.763. The molecule has 0 bridgehead atoms. The zero-order chi connectivity index (χ0) is 92.5. The largest absolute Gasteiger partial charge is 0.337 e. The normalized spacial score (nSPS) is 11.9. The molecule has 0 amide bonds.